The molecule has 1 saturated carbocycles. The minimum Gasteiger partial charge on any atom is -0.344 e. The predicted octanol–water partition coefficient (Wildman–Crippen LogP) is 2.53. The maximum Gasteiger partial charge on any atom is 0.235 e. The SMILES string of the molecule is C[C@@H](Sc1nnc(-c2ccncc2)n1C1CC1)C(=O)N(C)CCC#N. The highest BCUT2D eigenvalue weighted by molar-refractivity contribution is 8.00. The van der Waals surface area contributed by atoms with Crippen LogP contribution in [0.15, 0.2) is 29.7 Å². The maximum absolute atomic E-state index is 12.5. The number of rotatable bonds is 7. The second-order valence-corrected chi connectivity index (χ2v) is 7.38. The first-order chi connectivity index (χ1) is 12.1. The Morgan fingerprint density at radius 3 is 2.80 bits per heavy atom. The normalized spacial score (nSPS) is 14.8. The van der Waals surface area contributed by atoms with Gasteiger partial charge in [-0.15, -0.1) is 10.2 Å². The molecule has 1 aliphatic rings. The second kappa shape index (κ2) is 7.66. The lowest BCUT2D eigenvalue weighted by molar-refractivity contribution is -0.128. The monoisotopic (exact) mass is 356 g/mol. The van der Waals surface area contributed by atoms with Crippen LogP contribution >= 0.6 is 11.8 Å². The zero-order valence-electron chi connectivity index (χ0n) is 14.3. The fraction of sp³-hybridized carbons (Fsp3) is 0.471. The van der Waals surface area contributed by atoms with Crippen LogP contribution in [0.2, 0.25) is 0 Å². The fourth-order valence-electron chi connectivity index (χ4n) is 2.56. The van der Waals surface area contributed by atoms with E-state index in [4.69, 9.17) is 5.26 Å². The van der Waals surface area contributed by atoms with Gasteiger partial charge in [0.15, 0.2) is 11.0 Å². The van der Waals surface area contributed by atoms with Gasteiger partial charge in [0, 0.05) is 37.6 Å². The van der Waals surface area contributed by atoms with Crippen LogP contribution in [-0.4, -0.2) is 49.4 Å². The first-order valence-corrected chi connectivity index (χ1v) is 9.13. The summed E-state index contributed by atoms with van der Waals surface area (Å²) in [6.45, 7) is 2.31. The number of hydrogen-bond donors (Lipinski definition) is 0. The number of nitriles is 1. The van der Waals surface area contributed by atoms with Gasteiger partial charge in [0.05, 0.1) is 17.7 Å². The molecule has 8 heteroatoms. The Labute approximate surface area is 151 Å². The van der Waals surface area contributed by atoms with Gasteiger partial charge in [0.25, 0.3) is 0 Å². The van der Waals surface area contributed by atoms with Crippen molar-refractivity contribution in [1.29, 1.82) is 5.26 Å². The van der Waals surface area contributed by atoms with E-state index in [-0.39, 0.29) is 11.2 Å². The fourth-order valence-corrected chi connectivity index (χ4v) is 3.60. The van der Waals surface area contributed by atoms with Crippen molar-refractivity contribution in [2.45, 2.75) is 42.6 Å². The highest BCUT2D eigenvalue weighted by Gasteiger charge is 2.31. The van der Waals surface area contributed by atoms with Gasteiger partial charge in [-0.25, -0.2) is 0 Å². The van der Waals surface area contributed by atoms with Crippen molar-refractivity contribution in [3.63, 3.8) is 0 Å². The molecule has 130 valence electrons. The van der Waals surface area contributed by atoms with Gasteiger partial charge in [-0.2, -0.15) is 5.26 Å². The van der Waals surface area contributed by atoms with Crippen LogP contribution < -0.4 is 0 Å². The number of carbonyl (C=O) groups is 1. The van der Waals surface area contributed by atoms with Crippen LogP contribution in [0, 0.1) is 11.3 Å². The van der Waals surface area contributed by atoms with Gasteiger partial charge in [0.1, 0.15) is 0 Å². The summed E-state index contributed by atoms with van der Waals surface area (Å²) >= 11 is 1.42. The molecule has 2 aromatic heterocycles. The van der Waals surface area contributed by atoms with Gasteiger partial charge >= 0.3 is 0 Å². The molecule has 0 N–H and O–H groups in total. The van der Waals surface area contributed by atoms with Gasteiger partial charge in [-0.05, 0) is 31.9 Å². The molecule has 25 heavy (non-hydrogen) atoms. The minimum atomic E-state index is -0.282. The predicted molar refractivity (Wildman–Crippen MR) is 94.7 cm³/mol. The third-order valence-electron chi connectivity index (χ3n) is 4.08. The first-order valence-electron chi connectivity index (χ1n) is 8.25. The van der Waals surface area contributed by atoms with Gasteiger partial charge in [-0.1, -0.05) is 11.8 Å². The Bertz CT molecular complexity index is 780. The molecule has 2 aromatic rings. The molecule has 0 aromatic carbocycles. The number of hydrogen-bond acceptors (Lipinski definition) is 6. The molecule has 1 aliphatic carbocycles. The lowest BCUT2D eigenvalue weighted by Crippen LogP contribution is -2.34. The summed E-state index contributed by atoms with van der Waals surface area (Å²) in [5, 5.41) is 17.8. The highest BCUT2D eigenvalue weighted by atomic mass is 32.2. The third-order valence-corrected chi connectivity index (χ3v) is 5.12. The van der Waals surface area contributed by atoms with E-state index in [2.05, 4.69) is 25.8 Å². The zero-order chi connectivity index (χ0) is 17.8. The third kappa shape index (κ3) is 3.99. The average molecular weight is 356 g/mol. The molecule has 0 unspecified atom stereocenters. The summed E-state index contributed by atoms with van der Waals surface area (Å²) in [6.07, 6.45) is 6.03. The molecule has 0 radical (unpaired) electrons. The second-order valence-electron chi connectivity index (χ2n) is 6.07. The number of pyridine rings is 1. The smallest absolute Gasteiger partial charge is 0.235 e. The molecule has 1 atom stereocenters. The molecular formula is C17H20N6OS. The lowest BCUT2D eigenvalue weighted by atomic mass is 10.2. The van der Waals surface area contributed by atoms with Crippen LogP contribution in [0.3, 0.4) is 0 Å². The van der Waals surface area contributed by atoms with Crippen LogP contribution in [0.1, 0.15) is 32.2 Å². The summed E-state index contributed by atoms with van der Waals surface area (Å²) in [5.41, 5.74) is 0.978. The van der Waals surface area contributed by atoms with Crippen LogP contribution in [0.5, 0.6) is 0 Å². The summed E-state index contributed by atoms with van der Waals surface area (Å²) in [7, 11) is 1.73. The zero-order valence-corrected chi connectivity index (χ0v) is 15.1. The topological polar surface area (TPSA) is 87.7 Å². The maximum atomic E-state index is 12.5. The van der Waals surface area contributed by atoms with Gasteiger partial charge in [0.2, 0.25) is 5.91 Å². The summed E-state index contributed by atoms with van der Waals surface area (Å²) in [6, 6.07) is 6.30. The highest BCUT2D eigenvalue weighted by Crippen LogP contribution is 2.41. The Balaban J connectivity index is 1.78. The van der Waals surface area contributed by atoms with E-state index in [1.54, 1.807) is 24.3 Å². The van der Waals surface area contributed by atoms with E-state index >= 15 is 0 Å². The Kier molecular flexibility index (Phi) is 5.34. The molecule has 1 fully saturated rings. The largest absolute Gasteiger partial charge is 0.344 e. The molecule has 3 rings (SSSR count). The molecule has 0 saturated heterocycles. The van der Waals surface area contributed by atoms with Crippen LogP contribution in [0.25, 0.3) is 11.4 Å². The number of carbonyl (C=O) groups excluding carboxylic acids is 1. The van der Waals surface area contributed by atoms with Crippen molar-refractivity contribution in [3.05, 3.63) is 24.5 Å². The van der Waals surface area contributed by atoms with E-state index in [9.17, 15) is 4.79 Å². The molecular weight excluding hydrogens is 336 g/mol. The summed E-state index contributed by atoms with van der Waals surface area (Å²) in [5.74, 6) is 0.820. The Hall–Kier alpha value is -2.40. The van der Waals surface area contributed by atoms with Crippen molar-refractivity contribution >= 4 is 17.7 Å². The quantitative estimate of drug-likeness (QED) is 0.709. The number of aromatic nitrogens is 4. The summed E-state index contributed by atoms with van der Waals surface area (Å²) in [4.78, 5) is 18.1. The molecule has 1 amide bonds. The van der Waals surface area contributed by atoms with E-state index < -0.39 is 0 Å². The van der Waals surface area contributed by atoms with Crippen LogP contribution in [-0.2, 0) is 4.79 Å². The number of amides is 1. The Morgan fingerprint density at radius 1 is 1.44 bits per heavy atom. The van der Waals surface area contributed by atoms with Crippen molar-refractivity contribution in [3.8, 4) is 17.5 Å². The number of nitrogens with zero attached hydrogens (tertiary/aromatic N) is 6. The molecule has 0 aliphatic heterocycles. The van der Waals surface area contributed by atoms with Gasteiger partial charge in [-0.3, -0.25) is 14.3 Å². The van der Waals surface area contributed by atoms with Gasteiger partial charge < -0.3 is 4.90 Å². The van der Waals surface area contributed by atoms with Crippen LogP contribution in [0.4, 0.5) is 0 Å². The van der Waals surface area contributed by atoms with Crippen molar-refractivity contribution in [2.75, 3.05) is 13.6 Å². The Morgan fingerprint density at radius 2 is 2.16 bits per heavy atom. The molecule has 7 nitrogen and oxygen atoms in total. The van der Waals surface area contributed by atoms with Crippen molar-refractivity contribution in [1.82, 2.24) is 24.6 Å². The minimum absolute atomic E-state index is 0.00365. The molecule has 0 spiro atoms. The van der Waals surface area contributed by atoms with E-state index in [0.717, 1.165) is 29.4 Å². The van der Waals surface area contributed by atoms with E-state index in [0.29, 0.717) is 19.0 Å². The van der Waals surface area contributed by atoms with Crippen molar-refractivity contribution < 1.29 is 4.79 Å². The van der Waals surface area contributed by atoms with E-state index in [1.807, 2.05) is 19.1 Å². The average Bonchev–Trinajstić information content (AvgIpc) is 3.40. The summed E-state index contributed by atoms with van der Waals surface area (Å²) < 4.78 is 2.14. The lowest BCUT2D eigenvalue weighted by Gasteiger charge is -2.20. The standard InChI is InChI=1S/C17H20N6OS/c1-12(16(24)22(2)11-3-8-18)25-17-21-20-15(23(17)14-4-5-14)13-6-9-19-10-7-13/h6-7,9-10,12,14H,3-5,11H2,1-2H3/t12-/m1/s1. The molecule has 0 bridgehead atoms. The van der Waals surface area contributed by atoms with Crippen molar-refractivity contribution in [2.24, 2.45) is 0 Å². The molecule has 2 heterocycles. The number of thioether (sulfide) groups is 1. The van der Waals surface area contributed by atoms with E-state index in [1.165, 1.54) is 11.8 Å². The first kappa shape index (κ1) is 17.4.